The molecular weight excluding hydrogens is 411 g/mol. The van der Waals surface area contributed by atoms with Crippen LogP contribution in [0.15, 0.2) is 39.7 Å². The Morgan fingerprint density at radius 2 is 2.22 bits per heavy atom. The molecule has 1 aromatic carbocycles. The molecule has 0 saturated heterocycles. The largest absolute Gasteiger partial charge is 0.497 e. The standard InChI is InChI=1S/C12H10BrIN2O2/c1-18-10-2-3-11(13)8(4-10)7-16-12(17)5-9(14)6-15-16/h2-6H,7H2,1H3. The second kappa shape index (κ2) is 5.83. The fourth-order valence-electron chi connectivity index (χ4n) is 1.49. The molecule has 0 aliphatic heterocycles. The molecule has 0 atom stereocenters. The quantitative estimate of drug-likeness (QED) is 0.717. The third-order valence-corrected chi connectivity index (χ3v) is 3.77. The average molecular weight is 421 g/mol. The van der Waals surface area contributed by atoms with E-state index in [-0.39, 0.29) is 5.56 Å². The summed E-state index contributed by atoms with van der Waals surface area (Å²) in [6.07, 6.45) is 1.66. The molecule has 6 heteroatoms. The zero-order valence-corrected chi connectivity index (χ0v) is 13.3. The first kappa shape index (κ1) is 13.5. The Bertz CT molecular complexity index is 628. The van der Waals surface area contributed by atoms with E-state index in [2.05, 4.69) is 43.6 Å². The van der Waals surface area contributed by atoms with Gasteiger partial charge in [-0.3, -0.25) is 4.79 Å². The summed E-state index contributed by atoms with van der Waals surface area (Å²) in [6, 6.07) is 7.20. The van der Waals surface area contributed by atoms with Crippen LogP contribution in [0.3, 0.4) is 0 Å². The highest BCUT2D eigenvalue weighted by atomic mass is 127. The molecule has 2 rings (SSSR count). The molecule has 0 N–H and O–H groups in total. The van der Waals surface area contributed by atoms with Crippen molar-refractivity contribution in [3.05, 3.63) is 54.4 Å². The summed E-state index contributed by atoms with van der Waals surface area (Å²) < 4.78 is 8.34. The summed E-state index contributed by atoms with van der Waals surface area (Å²) >= 11 is 5.52. The molecule has 1 aromatic heterocycles. The second-order valence-electron chi connectivity index (χ2n) is 3.63. The molecule has 0 aliphatic carbocycles. The van der Waals surface area contributed by atoms with Crippen LogP contribution in [0.25, 0.3) is 0 Å². The lowest BCUT2D eigenvalue weighted by Gasteiger charge is -2.08. The summed E-state index contributed by atoms with van der Waals surface area (Å²) in [7, 11) is 1.61. The predicted octanol–water partition coefficient (Wildman–Crippen LogP) is 2.67. The number of nitrogens with zero attached hydrogens (tertiary/aromatic N) is 2. The van der Waals surface area contributed by atoms with Crippen LogP contribution in [0.2, 0.25) is 0 Å². The van der Waals surface area contributed by atoms with Gasteiger partial charge in [-0.05, 0) is 46.4 Å². The van der Waals surface area contributed by atoms with Gasteiger partial charge in [0.1, 0.15) is 5.75 Å². The van der Waals surface area contributed by atoms with Crippen LogP contribution >= 0.6 is 38.5 Å². The molecule has 4 nitrogen and oxygen atoms in total. The van der Waals surface area contributed by atoms with E-state index >= 15 is 0 Å². The highest BCUT2D eigenvalue weighted by Gasteiger charge is 2.05. The SMILES string of the molecule is COc1ccc(Br)c(Cn2ncc(I)cc2=O)c1. The molecule has 2 aromatic rings. The molecule has 0 spiro atoms. The maximum Gasteiger partial charge on any atom is 0.268 e. The van der Waals surface area contributed by atoms with E-state index in [1.165, 1.54) is 4.68 Å². The maximum atomic E-state index is 11.8. The van der Waals surface area contributed by atoms with Gasteiger partial charge in [-0.1, -0.05) is 15.9 Å². The molecule has 0 amide bonds. The Morgan fingerprint density at radius 3 is 2.89 bits per heavy atom. The Labute approximate surface area is 126 Å². The zero-order valence-electron chi connectivity index (χ0n) is 9.56. The van der Waals surface area contributed by atoms with Crippen LogP contribution in [0.1, 0.15) is 5.56 Å². The van der Waals surface area contributed by atoms with Crippen molar-refractivity contribution in [1.29, 1.82) is 0 Å². The maximum absolute atomic E-state index is 11.8. The van der Waals surface area contributed by atoms with Gasteiger partial charge >= 0.3 is 0 Å². The summed E-state index contributed by atoms with van der Waals surface area (Å²) in [5.74, 6) is 0.756. The van der Waals surface area contributed by atoms with Crippen molar-refractivity contribution in [3.8, 4) is 5.75 Å². The van der Waals surface area contributed by atoms with E-state index in [0.29, 0.717) is 6.54 Å². The summed E-state index contributed by atoms with van der Waals surface area (Å²) in [5, 5.41) is 4.10. The molecule has 1 heterocycles. The van der Waals surface area contributed by atoms with Crippen molar-refractivity contribution >= 4 is 38.5 Å². The first-order valence-electron chi connectivity index (χ1n) is 5.15. The number of aromatic nitrogens is 2. The molecule has 0 unspecified atom stereocenters. The van der Waals surface area contributed by atoms with Crippen LogP contribution in [-0.2, 0) is 6.54 Å². The van der Waals surface area contributed by atoms with Gasteiger partial charge < -0.3 is 4.74 Å². The van der Waals surface area contributed by atoms with E-state index in [1.54, 1.807) is 19.4 Å². The van der Waals surface area contributed by atoms with E-state index in [9.17, 15) is 4.79 Å². The Hall–Kier alpha value is -0.890. The molecule has 94 valence electrons. The first-order chi connectivity index (χ1) is 8.60. The number of ether oxygens (including phenoxy) is 1. The van der Waals surface area contributed by atoms with Gasteiger partial charge in [0.25, 0.3) is 5.56 Å². The second-order valence-corrected chi connectivity index (χ2v) is 5.73. The van der Waals surface area contributed by atoms with Crippen LogP contribution in [0, 0.1) is 3.57 Å². The van der Waals surface area contributed by atoms with Gasteiger partial charge in [0.15, 0.2) is 0 Å². The van der Waals surface area contributed by atoms with Gasteiger partial charge in [-0.25, -0.2) is 4.68 Å². The van der Waals surface area contributed by atoms with Crippen molar-refractivity contribution < 1.29 is 4.74 Å². The topological polar surface area (TPSA) is 44.1 Å². The zero-order chi connectivity index (χ0) is 13.1. The molecule has 0 radical (unpaired) electrons. The van der Waals surface area contributed by atoms with E-state index in [1.807, 2.05) is 18.2 Å². The minimum absolute atomic E-state index is 0.114. The summed E-state index contributed by atoms with van der Waals surface area (Å²) in [4.78, 5) is 11.8. The van der Waals surface area contributed by atoms with Gasteiger partial charge in [0, 0.05) is 14.1 Å². The molecule has 0 saturated carbocycles. The lowest BCUT2D eigenvalue weighted by Crippen LogP contribution is -2.22. The van der Waals surface area contributed by atoms with E-state index in [4.69, 9.17) is 4.74 Å². The average Bonchev–Trinajstić information content (AvgIpc) is 2.35. The van der Waals surface area contributed by atoms with Gasteiger partial charge in [-0.15, -0.1) is 0 Å². The fraction of sp³-hybridized carbons (Fsp3) is 0.167. The van der Waals surface area contributed by atoms with E-state index < -0.39 is 0 Å². The van der Waals surface area contributed by atoms with Gasteiger partial charge in [0.2, 0.25) is 0 Å². The first-order valence-corrected chi connectivity index (χ1v) is 7.02. The monoisotopic (exact) mass is 420 g/mol. The van der Waals surface area contributed by atoms with Gasteiger partial charge in [-0.2, -0.15) is 5.10 Å². The normalized spacial score (nSPS) is 10.4. The van der Waals surface area contributed by atoms with Crippen molar-refractivity contribution in [3.63, 3.8) is 0 Å². The Balaban J connectivity index is 2.36. The molecular formula is C12H10BrIN2O2. The molecule has 0 aliphatic rings. The highest BCUT2D eigenvalue weighted by Crippen LogP contribution is 2.22. The minimum atomic E-state index is -0.114. The van der Waals surface area contributed by atoms with Crippen molar-refractivity contribution in [2.24, 2.45) is 0 Å². The molecule has 0 bridgehead atoms. The lowest BCUT2D eigenvalue weighted by atomic mass is 10.2. The lowest BCUT2D eigenvalue weighted by molar-refractivity contribution is 0.414. The van der Waals surface area contributed by atoms with E-state index in [0.717, 1.165) is 19.4 Å². The van der Waals surface area contributed by atoms with Crippen molar-refractivity contribution in [1.82, 2.24) is 9.78 Å². The third kappa shape index (κ3) is 3.11. The van der Waals surface area contributed by atoms with Gasteiger partial charge in [0.05, 0.1) is 19.9 Å². The highest BCUT2D eigenvalue weighted by molar-refractivity contribution is 14.1. The number of rotatable bonds is 3. The number of hydrogen-bond acceptors (Lipinski definition) is 3. The van der Waals surface area contributed by atoms with Crippen LogP contribution in [0.4, 0.5) is 0 Å². The van der Waals surface area contributed by atoms with Crippen LogP contribution in [-0.4, -0.2) is 16.9 Å². The number of hydrogen-bond donors (Lipinski definition) is 0. The summed E-state index contributed by atoms with van der Waals surface area (Å²) in [5.41, 5.74) is 0.835. The van der Waals surface area contributed by atoms with Crippen LogP contribution in [0.5, 0.6) is 5.75 Å². The van der Waals surface area contributed by atoms with Crippen LogP contribution < -0.4 is 10.3 Å². The Kier molecular flexibility index (Phi) is 4.39. The van der Waals surface area contributed by atoms with Crippen molar-refractivity contribution in [2.75, 3.05) is 7.11 Å². The molecule has 0 fully saturated rings. The molecule has 18 heavy (non-hydrogen) atoms. The minimum Gasteiger partial charge on any atom is -0.497 e. The number of halogens is 2. The number of methoxy groups -OCH3 is 1. The smallest absolute Gasteiger partial charge is 0.268 e. The van der Waals surface area contributed by atoms with Crippen molar-refractivity contribution in [2.45, 2.75) is 6.54 Å². The predicted molar refractivity (Wildman–Crippen MR) is 81.0 cm³/mol. The Morgan fingerprint density at radius 1 is 1.44 bits per heavy atom. The third-order valence-electron chi connectivity index (χ3n) is 2.41. The fourth-order valence-corrected chi connectivity index (χ4v) is 2.25. The number of benzene rings is 1. The summed E-state index contributed by atoms with van der Waals surface area (Å²) in [6.45, 7) is 0.410.